The summed E-state index contributed by atoms with van der Waals surface area (Å²) in [5.41, 5.74) is 1.48. The number of methoxy groups -OCH3 is 1. The predicted octanol–water partition coefficient (Wildman–Crippen LogP) is 2.65. The summed E-state index contributed by atoms with van der Waals surface area (Å²) in [6, 6.07) is 8.06. The van der Waals surface area contributed by atoms with Gasteiger partial charge >= 0.3 is 0 Å². The van der Waals surface area contributed by atoms with Crippen LogP contribution in [0.1, 0.15) is 48.7 Å². The normalized spacial score (nSPS) is 20.9. The van der Waals surface area contributed by atoms with E-state index in [0.29, 0.717) is 31.6 Å². The van der Waals surface area contributed by atoms with Crippen molar-refractivity contribution in [2.75, 3.05) is 39.8 Å². The van der Waals surface area contributed by atoms with Crippen LogP contribution in [0.4, 0.5) is 0 Å². The Morgan fingerprint density at radius 2 is 1.88 bits per heavy atom. The summed E-state index contributed by atoms with van der Waals surface area (Å²) in [6.45, 7) is 6.25. The maximum absolute atomic E-state index is 13.2. The summed E-state index contributed by atoms with van der Waals surface area (Å²) in [5, 5.41) is 6.91. The Morgan fingerprint density at radius 3 is 2.50 bits per heavy atom. The van der Waals surface area contributed by atoms with Crippen molar-refractivity contribution in [3.8, 4) is 5.75 Å². The highest BCUT2D eigenvalue weighted by Gasteiger charge is 2.36. The molecule has 1 aromatic heterocycles. The largest absolute Gasteiger partial charge is 0.497 e. The van der Waals surface area contributed by atoms with E-state index in [2.05, 4.69) is 15.4 Å². The number of rotatable bonds is 8. The van der Waals surface area contributed by atoms with Gasteiger partial charge < -0.3 is 14.6 Å². The van der Waals surface area contributed by atoms with Crippen LogP contribution in [0.3, 0.4) is 0 Å². The van der Waals surface area contributed by atoms with Gasteiger partial charge in [-0.3, -0.25) is 9.69 Å². The van der Waals surface area contributed by atoms with Gasteiger partial charge in [-0.25, -0.2) is 8.42 Å². The van der Waals surface area contributed by atoms with Crippen LogP contribution in [0, 0.1) is 19.8 Å². The van der Waals surface area contributed by atoms with Crippen molar-refractivity contribution in [2.45, 2.75) is 50.5 Å². The number of aryl methyl sites for hydroxylation is 2. The second kappa shape index (κ2) is 10.5. The first-order chi connectivity index (χ1) is 16.3. The third kappa shape index (κ3) is 5.13. The van der Waals surface area contributed by atoms with Gasteiger partial charge in [0.05, 0.1) is 19.1 Å². The highest BCUT2D eigenvalue weighted by Crippen LogP contribution is 2.29. The Bertz CT molecular complexity index is 1070. The summed E-state index contributed by atoms with van der Waals surface area (Å²) in [5.74, 6) is 0.585. The SMILES string of the molecule is COc1ccc(C(CNC(=O)C2CCCN(S(=O)(=O)c3c(C)noc3C)C2)N2CCCC2)cc1. The number of carbonyl (C=O) groups excluding carboxylic acids is 1. The van der Waals surface area contributed by atoms with Crippen molar-refractivity contribution < 1.29 is 22.5 Å². The molecule has 0 bridgehead atoms. The van der Waals surface area contributed by atoms with Crippen LogP contribution in [0.2, 0.25) is 0 Å². The van der Waals surface area contributed by atoms with Gasteiger partial charge in [0.2, 0.25) is 15.9 Å². The molecule has 2 unspecified atom stereocenters. The average molecular weight is 491 g/mol. The molecule has 3 heterocycles. The monoisotopic (exact) mass is 490 g/mol. The third-order valence-corrected chi connectivity index (χ3v) is 8.98. The van der Waals surface area contributed by atoms with Crippen molar-refractivity contribution >= 4 is 15.9 Å². The van der Waals surface area contributed by atoms with Gasteiger partial charge in [0.1, 0.15) is 16.3 Å². The van der Waals surface area contributed by atoms with Crippen LogP contribution < -0.4 is 10.1 Å². The Labute approximate surface area is 201 Å². The number of aromatic nitrogens is 1. The average Bonchev–Trinajstić information content (AvgIpc) is 3.49. The minimum Gasteiger partial charge on any atom is -0.497 e. The second-order valence-electron chi connectivity index (χ2n) is 9.13. The zero-order valence-corrected chi connectivity index (χ0v) is 20.9. The number of likely N-dealkylation sites (tertiary alicyclic amines) is 1. The fourth-order valence-electron chi connectivity index (χ4n) is 5.03. The van der Waals surface area contributed by atoms with Crippen LogP contribution in [0.25, 0.3) is 0 Å². The van der Waals surface area contributed by atoms with Crippen molar-refractivity contribution in [3.05, 3.63) is 41.3 Å². The van der Waals surface area contributed by atoms with E-state index in [1.54, 1.807) is 21.0 Å². The summed E-state index contributed by atoms with van der Waals surface area (Å²) in [4.78, 5) is 15.7. The van der Waals surface area contributed by atoms with Crippen molar-refractivity contribution in [2.24, 2.45) is 5.92 Å². The maximum atomic E-state index is 13.2. The summed E-state index contributed by atoms with van der Waals surface area (Å²) < 4.78 is 38.2. The molecule has 1 N–H and O–H groups in total. The topological polar surface area (TPSA) is 105 Å². The molecule has 2 aromatic rings. The second-order valence-corrected chi connectivity index (χ2v) is 11.0. The molecule has 2 fully saturated rings. The van der Waals surface area contributed by atoms with E-state index in [1.165, 1.54) is 4.31 Å². The number of benzene rings is 1. The highest BCUT2D eigenvalue weighted by molar-refractivity contribution is 7.89. The molecule has 0 aliphatic carbocycles. The van der Waals surface area contributed by atoms with E-state index in [1.807, 2.05) is 24.3 Å². The lowest BCUT2D eigenvalue weighted by atomic mass is 9.98. The van der Waals surface area contributed by atoms with Gasteiger partial charge in [0.25, 0.3) is 0 Å². The number of nitrogens with zero attached hydrogens (tertiary/aromatic N) is 3. The maximum Gasteiger partial charge on any atom is 0.248 e. The number of sulfonamides is 1. The number of hydrogen-bond donors (Lipinski definition) is 1. The fourth-order valence-corrected chi connectivity index (χ4v) is 6.84. The summed E-state index contributed by atoms with van der Waals surface area (Å²) >= 11 is 0. The molecule has 0 radical (unpaired) electrons. The molecule has 1 aromatic carbocycles. The zero-order valence-electron chi connectivity index (χ0n) is 20.1. The standard InChI is InChI=1S/C24H34N4O5S/c1-17-23(18(2)33-26-17)34(30,31)28-14-6-7-20(16-28)24(29)25-15-22(27-12-4-5-13-27)19-8-10-21(32-3)11-9-19/h8-11,20,22H,4-7,12-16H2,1-3H3,(H,25,29). The van der Waals surface area contributed by atoms with E-state index in [4.69, 9.17) is 9.26 Å². The van der Waals surface area contributed by atoms with E-state index >= 15 is 0 Å². The van der Waals surface area contributed by atoms with Crippen molar-refractivity contribution in [3.63, 3.8) is 0 Å². The molecule has 1 amide bonds. The van der Waals surface area contributed by atoms with Gasteiger partial charge in [-0.1, -0.05) is 17.3 Å². The first-order valence-corrected chi connectivity index (χ1v) is 13.3. The van der Waals surface area contributed by atoms with Gasteiger partial charge in [-0.05, 0) is 70.3 Å². The van der Waals surface area contributed by atoms with Crippen molar-refractivity contribution in [1.29, 1.82) is 0 Å². The molecule has 2 saturated heterocycles. The van der Waals surface area contributed by atoms with Crippen LogP contribution in [-0.2, 0) is 14.8 Å². The molecule has 10 heteroatoms. The Morgan fingerprint density at radius 1 is 1.18 bits per heavy atom. The van der Waals surface area contributed by atoms with E-state index in [-0.39, 0.29) is 35.1 Å². The van der Waals surface area contributed by atoms with Crippen LogP contribution >= 0.6 is 0 Å². The number of ether oxygens (including phenoxy) is 1. The molecule has 0 spiro atoms. The first-order valence-electron chi connectivity index (χ1n) is 11.9. The highest BCUT2D eigenvalue weighted by atomic mass is 32.2. The molecule has 0 saturated carbocycles. The molecule has 4 rings (SSSR count). The van der Waals surface area contributed by atoms with Gasteiger partial charge in [-0.2, -0.15) is 4.31 Å². The summed E-state index contributed by atoms with van der Waals surface area (Å²) in [7, 11) is -2.12. The first kappa shape index (κ1) is 24.7. The van der Waals surface area contributed by atoms with Crippen LogP contribution in [0.15, 0.2) is 33.7 Å². The van der Waals surface area contributed by atoms with Gasteiger partial charge in [-0.15, -0.1) is 0 Å². The Balaban J connectivity index is 1.43. The Kier molecular flexibility index (Phi) is 7.59. The smallest absolute Gasteiger partial charge is 0.248 e. The number of nitrogens with one attached hydrogen (secondary N) is 1. The molecule has 2 aliphatic rings. The minimum absolute atomic E-state index is 0.0723. The third-order valence-electron chi connectivity index (χ3n) is 6.87. The predicted molar refractivity (Wildman–Crippen MR) is 127 cm³/mol. The van der Waals surface area contributed by atoms with E-state index in [9.17, 15) is 13.2 Å². The lowest BCUT2D eigenvalue weighted by Gasteiger charge is -2.32. The van der Waals surface area contributed by atoms with Crippen LogP contribution in [0.5, 0.6) is 5.75 Å². The number of piperidine rings is 1. The van der Waals surface area contributed by atoms with Gasteiger partial charge in [0, 0.05) is 19.6 Å². The molecule has 2 aliphatic heterocycles. The zero-order chi connectivity index (χ0) is 24.3. The Hall–Kier alpha value is -2.43. The summed E-state index contributed by atoms with van der Waals surface area (Å²) in [6.07, 6.45) is 3.60. The number of carbonyl (C=O) groups is 1. The van der Waals surface area contributed by atoms with E-state index in [0.717, 1.165) is 37.2 Å². The number of amides is 1. The molecule has 186 valence electrons. The van der Waals surface area contributed by atoms with Crippen molar-refractivity contribution in [1.82, 2.24) is 19.7 Å². The van der Waals surface area contributed by atoms with Crippen LogP contribution in [-0.4, -0.2) is 68.5 Å². The molecule has 2 atom stereocenters. The number of hydrogen-bond acceptors (Lipinski definition) is 7. The molecule has 34 heavy (non-hydrogen) atoms. The molecule has 9 nitrogen and oxygen atoms in total. The molecular formula is C24H34N4O5S. The minimum atomic E-state index is -3.76. The van der Waals surface area contributed by atoms with Gasteiger partial charge in [0.15, 0.2) is 5.76 Å². The lowest BCUT2D eigenvalue weighted by molar-refractivity contribution is -0.126. The molecular weight excluding hydrogens is 456 g/mol. The lowest BCUT2D eigenvalue weighted by Crippen LogP contribution is -2.47. The van der Waals surface area contributed by atoms with E-state index < -0.39 is 10.0 Å². The fraction of sp³-hybridized carbons (Fsp3) is 0.583. The quantitative estimate of drug-likeness (QED) is 0.606.